The van der Waals surface area contributed by atoms with Crippen molar-refractivity contribution in [3.63, 3.8) is 0 Å². The maximum absolute atomic E-state index is 15.3. The van der Waals surface area contributed by atoms with Crippen LogP contribution in [0.4, 0.5) is 10.2 Å². The molecule has 2 atom stereocenters. The van der Waals surface area contributed by atoms with Crippen molar-refractivity contribution < 1.29 is 28.1 Å². The minimum absolute atomic E-state index is 0.226. The van der Waals surface area contributed by atoms with E-state index < -0.39 is 23.5 Å². The van der Waals surface area contributed by atoms with Gasteiger partial charge in [-0.1, -0.05) is 42.5 Å². The molecule has 0 radical (unpaired) electrons. The summed E-state index contributed by atoms with van der Waals surface area (Å²) in [6, 6.07) is 14.9. The summed E-state index contributed by atoms with van der Waals surface area (Å²) < 4.78 is 41.7. The molecular formula is C39H46FN3O5. The quantitative estimate of drug-likeness (QED) is 0.163. The van der Waals surface area contributed by atoms with Gasteiger partial charge >= 0.3 is 5.97 Å². The van der Waals surface area contributed by atoms with Gasteiger partial charge in [0, 0.05) is 42.4 Å². The SMILES string of the molecule is COC(=O)[C@@H](OC(C)(C)C)c1c(C)cc2nc3cn2c1N1CCC(C)(CC1)OC/C=C\C[C@H](C)Oc1c(F)cccc1-c1cccc-3c1. The molecule has 3 aliphatic heterocycles. The number of hydrogen-bond donors (Lipinski definition) is 0. The van der Waals surface area contributed by atoms with Gasteiger partial charge in [0.15, 0.2) is 17.7 Å². The molecule has 0 aliphatic carbocycles. The van der Waals surface area contributed by atoms with Gasteiger partial charge in [-0.05, 0) is 83.7 Å². The number of benzene rings is 2. The van der Waals surface area contributed by atoms with Crippen molar-refractivity contribution in [3.8, 4) is 28.1 Å². The number of aryl methyl sites for hydroxylation is 1. The standard InChI is InChI=1S/C39H46FN3O5/c1-25-22-32-41-31-24-43(32)36(33(25)35(37(44)45-7)48-38(3,4)5)42-19-17-39(6,18-20-42)46-21-9-8-12-26(2)47-34-29(15-11-16-30(34)40)27-13-10-14-28(31)23-27/h8-11,13-16,22-24,26,35H,12,17-21H2,1-7H3/b9-8-/t26-,35-/m0/s1. The minimum Gasteiger partial charge on any atom is -0.487 e. The molecule has 1 saturated heterocycles. The summed E-state index contributed by atoms with van der Waals surface area (Å²) in [7, 11) is 1.39. The molecule has 254 valence electrons. The fourth-order valence-corrected chi connectivity index (χ4v) is 6.61. The highest BCUT2D eigenvalue weighted by atomic mass is 19.1. The second-order valence-corrected chi connectivity index (χ2v) is 14.1. The molecule has 3 aliphatic rings. The van der Waals surface area contributed by atoms with Gasteiger partial charge in [-0.25, -0.2) is 14.2 Å². The first-order valence-corrected chi connectivity index (χ1v) is 16.7. The Labute approximate surface area is 282 Å². The van der Waals surface area contributed by atoms with Gasteiger partial charge < -0.3 is 23.8 Å². The number of anilines is 1. The maximum atomic E-state index is 15.3. The van der Waals surface area contributed by atoms with E-state index in [-0.39, 0.29) is 17.5 Å². The van der Waals surface area contributed by atoms with Crippen molar-refractivity contribution in [1.82, 2.24) is 9.38 Å². The number of piperidine rings is 1. The van der Waals surface area contributed by atoms with E-state index >= 15 is 4.39 Å². The number of hydrogen-bond acceptors (Lipinski definition) is 7. The average molecular weight is 656 g/mol. The van der Waals surface area contributed by atoms with Crippen LogP contribution in [0.5, 0.6) is 5.75 Å². The lowest BCUT2D eigenvalue weighted by molar-refractivity contribution is -0.164. The van der Waals surface area contributed by atoms with E-state index in [1.54, 1.807) is 6.07 Å². The highest BCUT2D eigenvalue weighted by molar-refractivity contribution is 5.81. The van der Waals surface area contributed by atoms with Crippen molar-refractivity contribution in [2.45, 2.75) is 84.2 Å². The third kappa shape index (κ3) is 6.98. The lowest BCUT2D eigenvalue weighted by atomic mass is 9.92. The normalized spacial score (nSPS) is 21.4. The van der Waals surface area contributed by atoms with Crippen LogP contribution in [-0.4, -0.2) is 59.5 Å². The maximum Gasteiger partial charge on any atom is 0.339 e. The first-order chi connectivity index (χ1) is 22.9. The molecule has 1 fully saturated rings. The van der Waals surface area contributed by atoms with Crippen LogP contribution in [-0.2, 0) is 19.0 Å². The number of carbonyl (C=O) groups excluding carboxylic acids is 1. The Balaban J connectivity index is 1.56. The lowest BCUT2D eigenvalue weighted by Crippen LogP contribution is -2.45. The minimum atomic E-state index is -0.947. The number of esters is 1. The Kier molecular flexibility index (Phi) is 9.37. The first-order valence-electron chi connectivity index (χ1n) is 16.7. The van der Waals surface area contributed by atoms with Crippen molar-refractivity contribution in [2.24, 2.45) is 0 Å². The van der Waals surface area contributed by atoms with Gasteiger partial charge in [0.05, 0.1) is 36.7 Å². The van der Waals surface area contributed by atoms with Gasteiger partial charge in [0.25, 0.3) is 0 Å². The molecule has 6 bridgehead atoms. The summed E-state index contributed by atoms with van der Waals surface area (Å²) in [4.78, 5) is 20.8. The van der Waals surface area contributed by atoms with E-state index in [1.165, 1.54) is 13.2 Å². The van der Waals surface area contributed by atoms with E-state index in [4.69, 9.17) is 23.9 Å². The Morgan fingerprint density at radius 3 is 2.54 bits per heavy atom. The molecule has 8 nitrogen and oxygen atoms in total. The highest BCUT2D eigenvalue weighted by Crippen LogP contribution is 2.41. The van der Waals surface area contributed by atoms with Crippen LogP contribution >= 0.6 is 0 Å². The van der Waals surface area contributed by atoms with Crippen LogP contribution in [0.25, 0.3) is 28.0 Å². The Hall–Kier alpha value is -4.21. The summed E-state index contributed by atoms with van der Waals surface area (Å²) in [6.07, 6.45) is 7.07. The highest BCUT2D eigenvalue weighted by Gasteiger charge is 2.37. The molecule has 0 unspecified atom stereocenters. The second-order valence-electron chi connectivity index (χ2n) is 14.1. The monoisotopic (exact) mass is 655 g/mol. The van der Waals surface area contributed by atoms with Gasteiger partial charge in [0.2, 0.25) is 0 Å². The summed E-state index contributed by atoms with van der Waals surface area (Å²) in [5.41, 5.74) is 4.56. The number of aromatic nitrogens is 2. The molecule has 4 aromatic rings. The smallest absolute Gasteiger partial charge is 0.339 e. The molecule has 5 heterocycles. The number of fused-ring (bicyclic) bond motifs is 7. The number of pyridine rings is 1. The topological polar surface area (TPSA) is 74.5 Å². The molecule has 0 N–H and O–H groups in total. The second kappa shape index (κ2) is 13.4. The third-order valence-corrected chi connectivity index (χ3v) is 9.16. The predicted octanol–water partition coefficient (Wildman–Crippen LogP) is 8.25. The number of imidazole rings is 1. The van der Waals surface area contributed by atoms with Gasteiger partial charge in [-0.3, -0.25) is 4.40 Å². The number of carbonyl (C=O) groups is 1. The molecule has 7 rings (SSSR count). The van der Waals surface area contributed by atoms with Crippen molar-refractivity contribution in [2.75, 3.05) is 31.7 Å². The summed E-state index contributed by atoms with van der Waals surface area (Å²) in [5, 5.41) is 0. The Morgan fingerprint density at radius 2 is 1.81 bits per heavy atom. The molecule has 0 amide bonds. The number of halogens is 1. The summed E-state index contributed by atoms with van der Waals surface area (Å²) in [5.74, 6) is 0.215. The molecule has 0 spiro atoms. The van der Waals surface area contributed by atoms with Crippen LogP contribution in [0.15, 0.2) is 66.9 Å². The van der Waals surface area contributed by atoms with E-state index in [2.05, 4.69) is 16.2 Å². The lowest BCUT2D eigenvalue weighted by Gasteiger charge is -2.41. The van der Waals surface area contributed by atoms with Crippen molar-refractivity contribution in [3.05, 3.63) is 83.8 Å². The van der Waals surface area contributed by atoms with E-state index in [0.717, 1.165) is 52.3 Å². The van der Waals surface area contributed by atoms with Gasteiger partial charge in [-0.15, -0.1) is 0 Å². The van der Waals surface area contributed by atoms with Crippen LogP contribution in [0.3, 0.4) is 0 Å². The van der Waals surface area contributed by atoms with Crippen LogP contribution < -0.4 is 9.64 Å². The molecule has 2 aromatic heterocycles. The van der Waals surface area contributed by atoms with Crippen LogP contribution in [0, 0.1) is 12.7 Å². The van der Waals surface area contributed by atoms with Crippen molar-refractivity contribution in [1.29, 1.82) is 0 Å². The molecular weight excluding hydrogens is 609 g/mol. The number of methoxy groups -OCH3 is 1. The Morgan fingerprint density at radius 1 is 1.08 bits per heavy atom. The molecule has 0 saturated carbocycles. The largest absolute Gasteiger partial charge is 0.487 e. The zero-order valence-electron chi connectivity index (χ0n) is 29.0. The zero-order chi connectivity index (χ0) is 34.2. The molecule has 9 heteroatoms. The van der Waals surface area contributed by atoms with Crippen LogP contribution in [0.1, 0.15) is 71.1 Å². The van der Waals surface area contributed by atoms with E-state index in [0.29, 0.717) is 31.7 Å². The Bertz CT molecular complexity index is 1830. The van der Waals surface area contributed by atoms with Crippen LogP contribution in [0.2, 0.25) is 0 Å². The number of nitrogens with zero attached hydrogens (tertiary/aromatic N) is 3. The first kappa shape index (κ1) is 33.7. The van der Waals surface area contributed by atoms with E-state index in [9.17, 15) is 4.79 Å². The number of rotatable bonds is 3. The van der Waals surface area contributed by atoms with Gasteiger partial charge in [0.1, 0.15) is 11.5 Å². The van der Waals surface area contributed by atoms with Crippen molar-refractivity contribution >= 4 is 17.4 Å². The third-order valence-electron chi connectivity index (χ3n) is 9.16. The summed E-state index contributed by atoms with van der Waals surface area (Å²) >= 11 is 0. The molecule has 48 heavy (non-hydrogen) atoms. The average Bonchev–Trinajstić information content (AvgIpc) is 3.47. The summed E-state index contributed by atoms with van der Waals surface area (Å²) in [6.45, 7) is 13.8. The molecule has 2 aromatic carbocycles. The number of ether oxygens (including phenoxy) is 4. The van der Waals surface area contributed by atoms with E-state index in [1.807, 2.05) is 89.4 Å². The number of para-hydroxylation sites is 1. The van der Waals surface area contributed by atoms with Gasteiger partial charge in [-0.2, -0.15) is 0 Å². The fraction of sp³-hybridized carbons (Fsp3) is 0.436. The zero-order valence-corrected chi connectivity index (χ0v) is 29.0. The predicted molar refractivity (Wildman–Crippen MR) is 186 cm³/mol. The fourth-order valence-electron chi connectivity index (χ4n) is 6.61.